The van der Waals surface area contributed by atoms with E-state index >= 15 is 0 Å². The third kappa shape index (κ3) is 3.14. The van der Waals surface area contributed by atoms with Crippen LogP contribution in [-0.4, -0.2) is 8.42 Å². The number of nitrogens with two attached hydrogens (primary N) is 2. The van der Waals surface area contributed by atoms with Crippen LogP contribution in [0.25, 0.3) is 0 Å². The van der Waals surface area contributed by atoms with Crippen LogP contribution < -0.4 is 16.2 Å². The molecule has 0 saturated carbocycles. The molecule has 0 radical (unpaired) electrons. The van der Waals surface area contributed by atoms with E-state index in [1.54, 1.807) is 26.0 Å². The number of hydrogen-bond donors (Lipinski definition) is 3. The van der Waals surface area contributed by atoms with Gasteiger partial charge >= 0.3 is 0 Å². The molecule has 112 valence electrons. The van der Waals surface area contributed by atoms with Crippen LogP contribution >= 0.6 is 0 Å². The molecule has 0 atom stereocenters. The Morgan fingerprint density at radius 1 is 1.19 bits per heavy atom. The quantitative estimate of drug-likeness (QED) is 0.758. The van der Waals surface area contributed by atoms with Gasteiger partial charge < -0.3 is 11.1 Å². The minimum atomic E-state index is -3.90. The van der Waals surface area contributed by atoms with Crippen LogP contribution in [0.15, 0.2) is 35.2 Å². The Morgan fingerprint density at radius 3 is 2.43 bits per heavy atom. The number of sulfonamides is 1. The van der Waals surface area contributed by atoms with Crippen LogP contribution in [0, 0.1) is 19.7 Å². The fourth-order valence-corrected chi connectivity index (χ4v) is 2.90. The fraction of sp³-hybridized carbons (Fsp3) is 0.143. The molecule has 2 rings (SSSR count). The van der Waals surface area contributed by atoms with Gasteiger partial charge in [0.05, 0.1) is 10.6 Å². The lowest BCUT2D eigenvalue weighted by atomic mass is 10.1. The third-order valence-electron chi connectivity index (χ3n) is 3.17. The molecule has 0 unspecified atom stereocenters. The minimum absolute atomic E-state index is 0.0843. The Labute approximate surface area is 122 Å². The Hall–Kier alpha value is -2.12. The van der Waals surface area contributed by atoms with E-state index in [0.717, 1.165) is 0 Å². The summed E-state index contributed by atoms with van der Waals surface area (Å²) in [4.78, 5) is -0.0843. The standard InChI is InChI=1S/C14H16FN3O2S/c1-8-4-3-5-11(15)14(8)18-12-6-10(16)7-13(9(12)2)21(17,19)20/h3-7,18H,16H2,1-2H3,(H2,17,19,20). The predicted molar refractivity (Wildman–Crippen MR) is 81.4 cm³/mol. The first-order chi connectivity index (χ1) is 9.70. The van der Waals surface area contributed by atoms with E-state index < -0.39 is 15.8 Å². The molecule has 5 nitrogen and oxygen atoms in total. The summed E-state index contributed by atoms with van der Waals surface area (Å²) >= 11 is 0. The van der Waals surface area contributed by atoms with E-state index in [1.165, 1.54) is 18.2 Å². The molecule has 2 aromatic rings. The molecular weight excluding hydrogens is 293 g/mol. The molecule has 0 amide bonds. The maximum atomic E-state index is 13.9. The van der Waals surface area contributed by atoms with Gasteiger partial charge in [0.1, 0.15) is 5.82 Å². The van der Waals surface area contributed by atoms with Crippen molar-refractivity contribution in [3.05, 3.63) is 47.3 Å². The van der Waals surface area contributed by atoms with Crippen LogP contribution in [0.1, 0.15) is 11.1 Å². The van der Waals surface area contributed by atoms with Gasteiger partial charge in [-0.1, -0.05) is 12.1 Å². The SMILES string of the molecule is Cc1cccc(F)c1Nc1cc(N)cc(S(N)(=O)=O)c1C. The summed E-state index contributed by atoms with van der Waals surface area (Å²) in [7, 11) is -3.90. The lowest BCUT2D eigenvalue weighted by Crippen LogP contribution is -2.15. The highest BCUT2D eigenvalue weighted by atomic mass is 32.2. The van der Waals surface area contributed by atoms with Gasteiger partial charge in [-0.25, -0.2) is 17.9 Å². The van der Waals surface area contributed by atoms with Gasteiger partial charge in [-0.2, -0.15) is 0 Å². The van der Waals surface area contributed by atoms with Crippen LogP contribution in [-0.2, 0) is 10.0 Å². The Kier molecular flexibility index (Phi) is 3.89. The topological polar surface area (TPSA) is 98.2 Å². The number of halogens is 1. The molecule has 0 aliphatic carbocycles. The van der Waals surface area contributed by atoms with Crippen LogP contribution in [0.5, 0.6) is 0 Å². The van der Waals surface area contributed by atoms with Crippen molar-refractivity contribution >= 4 is 27.1 Å². The number of anilines is 3. The van der Waals surface area contributed by atoms with Gasteiger partial charge in [0, 0.05) is 11.4 Å². The minimum Gasteiger partial charge on any atom is -0.399 e. The highest BCUT2D eigenvalue weighted by Gasteiger charge is 2.16. The first-order valence-electron chi connectivity index (χ1n) is 6.15. The second kappa shape index (κ2) is 5.34. The van der Waals surface area contributed by atoms with Crippen LogP contribution in [0.2, 0.25) is 0 Å². The summed E-state index contributed by atoms with van der Waals surface area (Å²) in [5.74, 6) is -0.436. The van der Waals surface area contributed by atoms with E-state index in [-0.39, 0.29) is 16.3 Å². The number of rotatable bonds is 3. The van der Waals surface area contributed by atoms with E-state index in [1.807, 2.05) is 0 Å². The number of primary sulfonamides is 1. The third-order valence-corrected chi connectivity index (χ3v) is 4.21. The van der Waals surface area contributed by atoms with Crippen LogP contribution in [0.4, 0.5) is 21.5 Å². The molecule has 0 aliphatic rings. The fourth-order valence-electron chi connectivity index (χ4n) is 2.06. The number of nitrogens with one attached hydrogen (secondary N) is 1. The van der Waals surface area contributed by atoms with Crippen molar-refractivity contribution in [2.45, 2.75) is 18.7 Å². The van der Waals surface area contributed by atoms with Crippen molar-refractivity contribution < 1.29 is 12.8 Å². The lowest BCUT2D eigenvalue weighted by Gasteiger charge is -2.15. The van der Waals surface area contributed by atoms with E-state index in [2.05, 4.69) is 5.32 Å². The molecule has 0 heterocycles. The summed E-state index contributed by atoms with van der Waals surface area (Å²) in [5.41, 5.74) is 7.66. The zero-order chi connectivity index (χ0) is 15.8. The Bertz CT molecular complexity index is 784. The maximum Gasteiger partial charge on any atom is 0.238 e. The normalized spacial score (nSPS) is 11.4. The summed E-state index contributed by atoms with van der Waals surface area (Å²) in [6.07, 6.45) is 0. The molecule has 21 heavy (non-hydrogen) atoms. The zero-order valence-electron chi connectivity index (χ0n) is 11.6. The molecule has 2 aromatic carbocycles. The smallest absolute Gasteiger partial charge is 0.238 e. The summed E-state index contributed by atoms with van der Waals surface area (Å²) in [5, 5.41) is 8.05. The molecule has 0 fully saturated rings. The monoisotopic (exact) mass is 309 g/mol. The number of benzene rings is 2. The highest BCUT2D eigenvalue weighted by molar-refractivity contribution is 7.89. The van der Waals surface area contributed by atoms with Gasteiger partial charge in [0.25, 0.3) is 0 Å². The van der Waals surface area contributed by atoms with Crippen LogP contribution in [0.3, 0.4) is 0 Å². The number of aryl methyl sites for hydroxylation is 1. The lowest BCUT2D eigenvalue weighted by molar-refractivity contribution is 0.597. The maximum absolute atomic E-state index is 13.9. The van der Waals surface area contributed by atoms with E-state index in [4.69, 9.17) is 10.9 Å². The molecule has 0 aromatic heterocycles. The second-order valence-electron chi connectivity index (χ2n) is 4.79. The first-order valence-corrected chi connectivity index (χ1v) is 7.70. The summed E-state index contributed by atoms with van der Waals surface area (Å²) in [6, 6.07) is 7.48. The van der Waals surface area contributed by atoms with Crippen molar-refractivity contribution in [3.8, 4) is 0 Å². The number of nitrogen functional groups attached to an aromatic ring is 1. The summed E-state index contributed by atoms with van der Waals surface area (Å²) in [6.45, 7) is 3.32. The van der Waals surface area contributed by atoms with Crippen molar-refractivity contribution in [2.75, 3.05) is 11.1 Å². The largest absolute Gasteiger partial charge is 0.399 e. The first kappa shape index (κ1) is 15.3. The Balaban J connectivity index is 2.58. The average Bonchev–Trinajstić information content (AvgIpc) is 2.36. The highest BCUT2D eigenvalue weighted by Crippen LogP contribution is 2.30. The van der Waals surface area contributed by atoms with Crippen molar-refractivity contribution in [1.29, 1.82) is 0 Å². The molecule has 0 saturated heterocycles. The predicted octanol–water partition coefficient (Wildman–Crippen LogP) is 2.42. The number of para-hydroxylation sites is 1. The molecular formula is C14H16FN3O2S. The van der Waals surface area contributed by atoms with E-state index in [0.29, 0.717) is 16.8 Å². The van der Waals surface area contributed by atoms with Gasteiger partial charge in [-0.05, 0) is 43.2 Å². The van der Waals surface area contributed by atoms with E-state index in [9.17, 15) is 12.8 Å². The van der Waals surface area contributed by atoms with Gasteiger partial charge in [0.2, 0.25) is 10.0 Å². The van der Waals surface area contributed by atoms with Gasteiger partial charge in [0.15, 0.2) is 0 Å². The van der Waals surface area contributed by atoms with Gasteiger partial charge in [-0.3, -0.25) is 0 Å². The number of hydrogen-bond acceptors (Lipinski definition) is 4. The second-order valence-corrected chi connectivity index (χ2v) is 6.32. The van der Waals surface area contributed by atoms with Gasteiger partial charge in [-0.15, -0.1) is 0 Å². The zero-order valence-corrected chi connectivity index (χ0v) is 12.5. The van der Waals surface area contributed by atoms with Crippen molar-refractivity contribution in [1.82, 2.24) is 0 Å². The summed E-state index contributed by atoms with van der Waals surface area (Å²) < 4.78 is 37.0. The molecule has 0 aliphatic heterocycles. The Morgan fingerprint density at radius 2 is 1.86 bits per heavy atom. The molecule has 0 spiro atoms. The van der Waals surface area contributed by atoms with Crippen molar-refractivity contribution in [2.24, 2.45) is 5.14 Å². The molecule has 5 N–H and O–H groups in total. The van der Waals surface area contributed by atoms with Crippen molar-refractivity contribution in [3.63, 3.8) is 0 Å². The molecule has 7 heteroatoms. The molecule has 0 bridgehead atoms. The average molecular weight is 309 g/mol.